The van der Waals surface area contributed by atoms with E-state index in [0.29, 0.717) is 29.5 Å². The molecule has 0 unspecified atom stereocenters. The summed E-state index contributed by atoms with van der Waals surface area (Å²) in [6, 6.07) is 9.43. The van der Waals surface area contributed by atoms with Gasteiger partial charge in [-0.1, -0.05) is 0 Å². The lowest BCUT2D eigenvalue weighted by atomic mass is 10.1. The number of rotatable bonds is 7. The van der Waals surface area contributed by atoms with E-state index in [-0.39, 0.29) is 5.97 Å². The minimum atomic E-state index is -0.380. The third-order valence-corrected chi connectivity index (χ3v) is 4.32. The molecule has 0 amide bonds. The Labute approximate surface area is 163 Å². The van der Waals surface area contributed by atoms with Crippen molar-refractivity contribution in [1.82, 2.24) is 4.98 Å². The zero-order valence-corrected chi connectivity index (χ0v) is 16.6. The summed E-state index contributed by atoms with van der Waals surface area (Å²) in [5.74, 6) is 1.25. The minimum Gasteiger partial charge on any atom is -0.493 e. The van der Waals surface area contributed by atoms with Crippen LogP contribution in [0.2, 0.25) is 0 Å². The number of nitrogens with one attached hydrogen (secondary N) is 2. The standard InChI is InChI=1S/C21H24N2O5/c1-6-28-21(24)17-11-14-15(7-12(2)8-16(14)23-17)22-13-9-18(25-3)20(27-5)19(10-13)26-4/h7-11,22-23H,6H2,1-5H3. The van der Waals surface area contributed by atoms with Crippen LogP contribution in [0.5, 0.6) is 17.2 Å². The third-order valence-electron chi connectivity index (χ3n) is 4.32. The van der Waals surface area contributed by atoms with Gasteiger partial charge in [-0.3, -0.25) is 0 Å². The predicted octanol–water partition coefficient (Wildman–Crippen LogP) is 4.42. The quantitative estimate of drug-likeness (QED) is 0.587. The number of esters is 1. The maximum atomic E-state index is 12.1. The van der Waals surface area contributed by atoms with Crippen molar-refractivity contribution in [2.75, 3.05) is 33.3 Å². The Morgan fingerprint density at radius 3 is 2.25 bits per heavy atom. The highest BCUT2D eigenvalue weighted by atomic mass is 16.5. The van der Waals surface area contributed by atoms with Crippen molar-refractivity contribution in [3.8, 4) is 17.2 Å². The van der Waals surface area contributed by atoms with E-state index < -0.39 is 0 Å². The predicted molar refractivity (Wildman–Crippen MR) is 108 cm³/mol. The highest BCUT2D eigenvalue weighted by Crippen LogP contribution is 2.41. The number of anilines is 2. The molecule has 28 heavy (non-hydrogen) atoms. The van der Waals surface area contributed by atoms with Gasteiger partial charge in [-0.25, -0.2) is 4.79 Å². The Bertz CT molecular complexity index is 984. The first-order valence-corrected chi connectivity index (χ1v) is 8.88. The average molecular weight is 384 g/mol. The molecule has 0 aliphatic carbocycles. The maximum absolute atomic E-state index is 12.1. The van der Waals surface area contributed by atoms with Crippen LogP contribution in [0.1, 0.15) is 23.0 Å². The number of hydrogen-bond acceptors (Lipinski definition) is 6. The Morgan fingerprint density at radius 2 is 1.68 bits per heavy atom. The van der Waals surface area contributed by atoms with Gasteiger partial charge < -0.3 is 29.2 Å². The summed E-state index contributed by atoms with van der Waals surface area (Å²) in [5.41, 5.74) is 3.91. The fourth-order valence-corrected chi connectivity index (χ4v) is 3.11. The van der Waals surface area contributed by atoms with Gasteiger partial charge in [-0.2, -0.15) is 0 Å². The zero-order chi connectivity index (χ0) is 20.3. The van der Waals surface area contributed by atoms with Crippen LogP contribution in [-0.4, -0.2) is 38.9 Å². The summed E-state index contributed by atoms with van der Waals surface area (Å²) < 4.78 is 21.3. The van der Waals surface area contributed by atoms with Gasteiger partial charge in [-0.15, -0.1) is 0 Å². The lowest BCUT2D eigenvalue weighted by Crippen LogP contribution is -2.04. The molecule has 0 bridgehead atoms. The number of ether oxygens (including phenoxy) is 4. The lowest BCUT2D eigenvalue weighted by Gasteiger charge is -2.16. The van der Waals surface area contributed by atoms with Crippen molar-refractivity contribution in [2.45, 2.75) is 13.8 Å². The molecule has 0 saturated heterocycles. The summed E-state index contributed by atoms with van der Waals surface area (Å²) >= 11 is 0. The Balaban J connectivity index is 2.05. The fourth-order valence-electron chi connectivity index (χ4n) is 3.11. The van der Waals surface area contributed by atoms with Crippen LogP contribution in [0.3, 0.4) is 0 Å². The summed E-state index contributed by atoms with van der Waals surface area (Å²) in [6.45, 7) is 4.09. The maximum Gasteiger partial charge on any atom is 0.354 e. The summed E-state index contributed by atoms with van der Waals surface area (Å²) in [6.07, 6.45) is 0. The van der Waals surface area contributed by atoms with Gasteiger partial charge in [0.15, 0.2) is 11.5 Å². The molecule has 2 aromatic carbocycles. The van der Waals surface area contributed by atoms with E-state index >= 15 is 0 Å². The summed E-state index contributed by atoms with van der Waals surface area (Å²) in [7, 11) is 4.71. The van der Waals surface area contributed by atoms with Crippen LogP contribution >= 0.6 is 0 Å². The van der Waals surface area contributed by atoms with E-state index in [0.717, 1.165) is 27.8 Å². The summed E-state index contributed by atoms with van der Waals surface area (Å²) in [4.78, 5) is 15.2. The van der Waals surface area contributed by atoms with Crippen LogP contribution in [-0.2, 0) is 4.74 Å². The number of hydrogen-bond donors (Lipinski definition) is 2. The normalized spacial score (nSPS) is 10.6. The number of H-pyrrole nitrogens is 1. The van der Waals surface area contributed by atoms with Gasteiger partial charge >= 0.3 is 5.97 Å². The van der Waals surface area contributed by atoms with Gasteiger partial charge in [0, 0.05) is 34.4 Å². The Kier molecular flexibility index (Phi) is 5.63. The second-order valence-corrected chi connectivity index (χ2v) is 6.22. The molecule has 2 N–H and O–H groups in total. The molecule has 0 radical (unpaired) electrons. The van der Waals surface area contributed by atoms with Crippen molar-refractivity contribution >= 4 is 28.2 Å². The number of aromatic nitrogens is 1. The molecule has 7 nitrogen and oxygen atoms in total. The Morgan fingerprint density at radius 1 is 1.00 bits per heavy atom. The smallest absolute Gasteiger partial charge is 0.354 e. The number of methoxy groups -OCH3 is 3. The molecule has 148 valence electrons. The first-order chi connectivity index (χ1) is 13.5. The lowest BCUT2D eigenvalue weighted by molar-refractivity contribution is 0.0520. The van der Waals surface area contributed by atoms with Gasteiger partial charge in [0.25, 0.3) is 0 Å². The monoisotopic (exact) mass is 384 g/mol. The van der Waals surface area contributed by atoms with Gasteiger partial charge in [0.05, 0.1) is 27.9 Å². The SMILES string of the molecule is CCOC(=O)c1cc2c(Nc3cc(OC)c(OC)c(OC)c3)cc(C)cc2[nH]1. The summed E-state index contributed by atoms with van der Waals surface area (Å²) in [5, 5.41) is 4.26. The molecule has 0 aliphatic heterocycles. The first-order valence-electron chi connectivity index (χ1n) is 8.88. The molecule has 7 heteroatoms. The first kappa shape index (κ1) is 19.4. The van der Waals surface area contributed by atoms with Crippen molar-refractivity contribution in [2.24, 2.45) is 0 Å². The largest absolute Gasteiger partial charge is 0.493 e. The van der Waals surface area contributed by atoms with Crippen molar-refractivity contribution < 1.29 is 23.7 Å². The van der Waals surface area contributed by atoms with Gasteiger partial charge in [-0.05, 0) is 37.6 Å². The van der Waals surface area contributed by atoms with E-state index in [1.807, 2.05) is 31.2 Å². The number of carbonyl (C=O) groups excluding carboxylic acids is 1. The number of carbonyl (C=O) groups is 1. The molecule has 0 spiro atoms. The Hall–Kier alpha value is -3.35. The molecule has 0 aliphatic rings. The van der Waals surface area contributed by atoms with Crippen LogP contribution in [0, 0.1) is 6.92 Å². The second kappa shape index (κ2) is 8.12. The van der Waals surface area contributed by atoms with Crippen LogP contribution in [0.25, 0.3) is 10.9 Å². The molecule has 0 fully saturated rings. The highest BCUT2D eigenvalue weighted by Gasteiger charge is 2.16. The number of fused-ring (bicyclic) bond motifs is 1. The number of aromatic amines is 1. The third kappa shape index (κ3) is 3.69. The molecule has 0 atom stereocenters. The molecule has 3 rings (SSSR count). The number of benzene rings is 2. The van der Waals surface area contributed by atoms with E-state index in [9.17, 15) is 4.79 Å². The van der Waals surface area contributed by atoms with Crippen molar-refractivity contribution in [3.63, 3.8) is 0 Å². The highest BCUT2D eigenvalue weighted by molar-refractivity contribution is 6.01. The van der Waals surface area contributed by atoms with Gasteiger partial charge in [0.2, 0.25) is 5.75 Å². The fraction of sp³-hybridized carbons (Fsp3) is 0.286. The van der Waals surface area contributed by atoms with Crippen LogP contribution < -0.4 is 19.5 Å². The molecule has 1 aromatic heterocycles. The van der Waals surface area contributed by atoms with E-state index in [2.05, 4.69) is 10.3 Å². The molecule has 3 aromatic rings. The van der Waals surface area contributed by atoms with Crippen molar-refractivity contribution in [1.29, 1.82) is 0 Å². The second-order valence-electron chi connectivity index (χ2n) is 6.22. The van der Waals surface area contributed by atoms with Crippen LogP contribution in [0.4, 0.5) is 11.4 Å². The van der Waals surface area contributed by atoms with E-state index in [1.54, 1.807) is 34.3 Å². The average Bonchev–Trinajstić information content (AvgIpc) is 3.11. The molecular weight excluding hydrogens is 360 g/mol. The van der Waals surface area contributed by atoms with E-state index in [1.165, 1.54) is 0 Å². The van der Waals surface area contributed by atoms with Gasteiger partial charge in [0.1, 0.15) is 5.69 Å². The zero-order valence-electron chi connectivity index (χ0n) is 16.6. The minimum absolute atomic E-state index is 0.323. The molecule has 1 heterocycles. The number of aryl methyl sites for hydroxylation is 1. The van der Waals surface area contributed by atoms with E-state index in [4.69, 9.17) is 18.9 Å². The topological polar surface area (TPSA) is 81.8 Å². The van der Waals surface area contributed by atoms with Crippen molar-refractivity contribution in [3.05, 3.63) is 41.6 Å². The molecular formula is C21H24N2O5. The van der Waals surface area contributed by atoms with Crippen LogP contribution in [0.15, 0.2) is 30.3 Å². The molecule has 0 saturated carbocycles.